The molecule has 0 aromatic heterocycles. The van der Waals surface area contributed by atoms with E-state index in [9.17, 15) is 5.11 Å². The van der Waals surface area contributed by atoms with Gasteiger partial charge in [0.25, 0.3) is 0 Å². The van der Waals surface area contributed by atoms with Crippen molar-refractivity contribution in [3.8, 4) is 0 Å². The van der Waals surface area contributed by atoms with E-state index in [2.05, 4.69) is 26.1 Å². The van der Waals surface area contributed by atoms with Crippen molar-refractivity contribution < 1.29 is 5.11 Å². The van der Waals surface area contributed by atoms with Crippen LogP contribution in [0.25, 0.3) is 0 Å². The highest BCUT2D eigenvalue weighted by Gasteiger charge is 2.23. The van der Waals surface area contributed by atoms with Gasteiger partial charge < -0.3 is 10.4 Å². The van der Waals surface area contributed by atoms with E-state index in [4.69, 9.17) is 0 Å². The molecule has 2 N–H and O–H groups in total. The van der Waals surface area contributed by atoms with Crippen LogP contribution in [0.3, 0.4) is 0 Å². The summed E-state index contributed by atoms with van der Waals surface area (Å²) in [6.45, 7) is 7.23. The maximum atomic E-state index is 10.1. The minimum Gasteiger partial charge on any atom is -0.387 e. The van der Waals surface area contributed by atoms with Crippen LogP contribution >= 0.6 is 0 Å². The quantitative estimate of drug-likeness (QED) is 0.760. The van der Waals surface area contributed by atoms with E-state index < -0.39 is 6.10 Å². The molecule has 0 spiro atoms. The molecule has 96 valence electrons. The Balaban J connectivity index is 2.55. The maximum absolute atomic E-state index is 10.1. The zero-order valence-corrected chi connectivity index (χ0v) is 11.2. The van der Waals surface area contributed by atoms with Crippen molar-refractivity contribution in [2.24, 2.45) is 0 Å². The van der Waals surface area contributed by atoms with Crippen molar-refractivity contribution in [2.75, 3.05) is 6.54 Å². The fraction of sp³-hybridized carbons (Fsp3) is 0.600. The van der Waals surface area contributed by atoms with Gasteiger partial charge in [0.1, 0.15) is 0 Å². The second kappa shape index (κ2) is 6.77. The topological polar surface area (TPSA) is 32.3 Å². The van der Waals surface area contributed by atoms with E-state index in [1.807, 2.05) is 30.3 Å². The van der Waals surface area contributed by atoms with Crippen LogP contribution in [0.15, 0.2) is 30.3 Å². The first-order valence-electron chi connectivity index (χ1n) is 6.65. The zero-order chi connectivity index (χ0) is 12.7. The summed E-state index contributed by atoms with van der Waals surface area (Å²) in [5.74, 6) is 0. The summed E-state index contributed by atoms with van der Waals surface area (Å²) in [5.41, 5.74) is 1.16. The summed E-state index contributed by atoms with van der Waals surface area (Å²) in [5, 5.41) is 13.6. The van der Waals surface area contributed by atoms with Crippen molar-refractivity contribution >= 4 is 0 Å². The third kappa shape index (κ3) is 3.83. The van der Waals surface area contributed by atoms with Gasteiger partial charge in [-0.25, -0.2) is 0 Å². The minimum atomic E-state index is -0.416. The summed E-state index contributed by atoms with van der Waals surface area (Å²) >= 11 is 0. The Labute approximate surface area is 105 Å². The molecule has 17 heavy (non-hydrogen) atoms. The molecule has 0 aliphatic carbocycles. The molecule has 0 amide bonds. The van der Waals surface area contributed by atoms with Crippen molar-refractivity contribution in [1.82, 2.24) is 5.32 Å². The van der Waals surface area contributed by atoms with Crippen LogP contribution in [0.2, 0.25) is 0 Å². The largest absolute Gasteiger partial charge is 0.387 e. The van der Waals surface area contributed by atoms with E-state index in [1.54, 1.807) is 0 Å². The lowest BCUT2D eigenvalue weighted by atomic mass is 9.89. The molecule has 2 nitrogen and oxygen atoms in total. The second-order valence-corrected chi connectivity index (χ2v) is 4.65. The van der Waals surface area contributed by atoms with Crippen LogP contribution in [0.1, 0.15) is 51.7 Å². The van der Waals surface area contributed by atoms with E-state index >= 15 is 0 Å². The first kappa shape index (κ1) is 14.2. The summed E-state index contributed by atoms with van der Waals surface area (Å²) in [6.07, 6.45) is 2.88. The number of benzene rings is 1. The van der Waals surface area contributed by atoms with Gasteiger partial charge in [-0.05, 0) is 24.8 Å². The van der Waals surface area contributed by atoms with Crippen LogP contribution in [0.5, 0.6) is 0 Å². The van der Waals surface area contributed by atoms with Gasteiger partial charge in [-0.3, -0.25) is 0 Å². The fourth-order valence-corrected chi connectivity index (χ4v) is 2.23. The highest BCUT2D eigenvalue weighted by Crippen LogP contribution is 2.20. The van der Waals surface area contributed by atoms with Gasteiger partial charge >= 0.3 is 0 Å². The molecule has 0 saturated heterocycles. The van der Waals surface area contributed by atoms with E-state index in [0.29, 0.717) is 6.54 Å². The number of aliphatic hydroxyl groups excluding tert-OH is 1. The molecule has 1 aromatic carbocycles. The molecule has 0 radical (unpaired) electrons. The smallest absolute Gasteiger partial charge is 0.0914 e. The molecule has 0 aliphatic rings. The number of hydrogen-bond donors (Lipinski definition) is 2. The highest BCUT2D eigenvalue weighted by molar-refractivity contribution is 5.17. The Hall–Kier alpha value is -0.860. The molecular formula is C15H25NO. The SMILES string of the molecule is CCC(CC)(CC)NCC(O)c1ccccc1. The summed E-state index contributed by atoms with van der Waals surface area (Å²) in [6, 6.07) is 9.84. The van der Waals surface area contributed by atoms with Crippen LogP contribution in [0.4, 0.5) is 0 Å². The van der Waals surface area contributed by atoms with Crippen molar-refractivity contribution in [3.05, 3.63) is 35.9 Å². The molecule has 1 aromatic rings. The van der Waals surface area contributed by atoms with E-state index in [-0.39, 0.29) is 5.54 Å². The van der Waals surface area contributed by atoms with Crippen LogP contribution in [-0.4, -0.2) is 17.2 Å². The summed E-state index contributed by atoms with van der Waals surface area (Å²) in [4.78, 5) is 0. The van der Waals surface area contributed by atoms with Crippen LogP contribution in [0, 0.1) is 0 Å². The Morgan fingerprint density at radius 2 is 1.59 bits per heavy atom. The Morgan fingerprint density at radius 1 is 1.06 bits per heavy atom. The van der Waals surface area contributed by atoms with Gasteiger partial charge in [0.2, 0.25) is 0 Å². The number of nitrogens with one attached hydrogen (secondary N) is 1. The first-order valence-corrected chi connectivity index (χ1v) is 6.65. The van der Waals surface area contributed by atoms with Crippen molar-refractivity contribution in [3.63, 3.8) is 0 Å². The molecule has 0 aliphatic heterocycles. The standard InChI is InChI=1S/C15H25NO/c1-4-15(5-2,6-3)16-12-14(17)13-10-8-7-9-11-13/h7-11,14,16-17H,4-6,12H2,1-3H3. The Morgan fingerprint density at radius 3 is 2.06 bits per heavy atom. The lowest BCUT2D eigenvalue weighted by Crippen LogP contribution is -2.45. The average Bonchev–Trinajstić information content (AvgIpc) is 2.41. The van der Waals surface area contributed by atoms with Crippen molar-refractivity contribution in [2.45, 2.75) is 51.7 Å². The minimum absolute atomic E-state index is 0.176. The fourth-order valence-electron chi connectivity index (χ4n) is 2.23. The maximum Gasteiger partial charge on any atom is 0.0914 e. The summed E-state index contributed by atoms with van der Waals surface area (Å²) in [7, 11) is 0. The lowest BCUT2D eigenvalue weighted by molar-refractivity contribution is 0.150. The van der Waals surface area contributed by atoms with Gasteiger partial charge in [-0.1, -0.05) is 51.1 Å². The second-order valence-electron chi connectivity index (χ2n) is 4.65. The normalized spacial score (nSPS) is 13.6. The average molecular weight is 235 g/mol. The Kier molecular flexibility index (Phi) is 5.66. The number of aliphatic hydroxyl groups is 1. The van der Waals surface area contributed by atoms with Gasteiger partial charge in [-0.2, -0.15) is 0 Å². The monoisotopic (exact) mass is 235 g/mol. The lowest BCUT2D eigenvalue weighted by Gasteiger charge is -2.33. The third-order valence-electron chi connectivity index (χ3n) is 3.89. The molecule has 0 heterocycles. The third-order valence-corrected chi connectivity index (χ3v) is 3.89. The zero-order valence-electron chi connectivity index (χ0n) is 11.2. The molecule has 2 heteroatoms. The Bertz CT molecular complexity index is 298. The van der Waals surface area contributed by atoms with Crippen LogP contribution in [-0.2, 0) is 0 Å². The predicted octanol–water partition coefficient (Wildman–Crippen LogP) is 3.28. The molecule has 1 atom stereocenters. The number of β-amino-alcohol motifs (C(OH)–C–C–N with tert-alkyl or cyclic N) is 1. The van der Waals surface area contributed by atoms with Crippen LogP contribution < -0.4 is 5.32 Å². The van der Waals surface area contributed by atoms with Gasteiger partial charge in [0.15, 0.2) is 0 Å². The highest BCUT2D eigenvalue weighted by atomic mass is 16.3. The molecule has 0 fully saturated rings. The molecular weight excluding hydrogens is 210 g/mol. The van der Waals surface area contributed by atoms with Gasteiger partial charge in [0.05, 0.1) is 6.10 Å². The first-order chi connectivity index (χ1) is 8.17. The molecule has 0 saturated carbocycles. The van der Waals surface area contributed by atoms with Gasteiger partial charge in [0, 0.05) is 12.1 Å². The molecule has 1 rings (SSSR count). The predicted molar refractivity (Wildman–Crippen MR) is 73.0 cm³/mol. The van der Waals surface area contributed by atoms with Gasteiger partial charge in [-0.15, -0.1) is 0 Å². The molecule has 1 unspecified atom stereocenters. The van der Waals surface area contributed by atoms with Crippen molar-refractivity contribution in [1.29, 1.82) is 0 Å². The number of rotatable bonds is 7. The summed E-state index contributed by atoms with van der Waals surface area (Å²) < 4.78 is 0. The van der Waals surface area contributed by atoms with E-state index in [0.717, 1.165) is 24.8 Å². The molecule has 0 bridgehead atoms. The van der Waals surface area contributed by atoms with E-state index in [1.165, 1.54) is 0 Å². The number of hydrogen-bond acceptors (Lipinski definition) is 2.